The monoisotopic (exact) mass is 308 g/mol. The van der Waals surface area contributed by atoms with Gasteiger partial charge in [-0.3, -0.25) is 4.79 Å². The molecule has 20 heavy (non-hydrogen) atoms. The third-order valence-electron chi connectivity index (χ3n) is 4.31. The van der Waals surface area contributed by atoms with Crippen molar-refractivity contribution >= 4 is 39.7 Å². The maximum Gasteiger partial charge on any atom is 0.263 e. The summed E-state index contributed by atoms with van der Waals surface area (Å²) in [5.41, 5.74) is 0. The molecule has 4 rings (SSSR count). The minimum absolute atomic E-state index is 0. The normalized spacial score (nSPS) is 24.7. The molecule has 1 N–H and O–H groups in total. The molecule has 1 aromatic carbocycles. The molecule has 1 aromatic heterocycles. The topological polar surface area (TPSA) is 32.3 Å². The molecule has 2 aliphatic rings. The molecular formula is C15H17ClN2OS. The number of halogens is 1. The molecule has 0 unspecified atom stereocenters. The predicted octanol–water partition coefficient (Wildman–Crippen LogP) is 2.61. The van der Waals surface area contributed by atoms with Crippen molar-refractivity contribution in [2.45, 2.75) is 0 Å². The van der Waals surface area contributed by atoms with Crippen molar-refractivity contribution in [3.05, 3.63) is 35.2 Å². The zero-order chi connectivity index (χ0) is 12.8. The number of nitrogens with zero attached hydrogens (tertiary/aromatic N) is 1. The van der Waals surface area contributed by atoms with E-state index in [0.717, 1.165) is 31.1 Å². The van der Waals surface area contributed by atoms with Gasteiger partial charge in [0, 0.05) is 30.9 Å². The van der Waals surface area contributed by atoms with Gasteiger partial charge < -0.3 is 10.2 Å². The van der Waals surface area contributed by atoms with Gasteiger partial charge in [0.15, 0.2) is 0 Å². The first-order valence-electron chi connectivity index (χ1n) is 6.80. The number of benzene rings is 1. The van der Waals surface area contributed by atoms with E-state index in [9.17, 15) is 4.79 Å². The average molecular weight is 309 g/mol. The van der Waals surface area contributed by atoms with Crippen molar-refractivity contribution < 1.29 is 4.79 Å². The second-order valence-electron chi connectivity index (χ2n) is 5.54. The molecule has 0 spiro atoms. The number of nitrogens with one attached hydrogen (secondary N) is 1. The van der Waals surface area contributed by atoms with Crippen molar-refractivity contribution in [2.24, 2.45) is 11.8 Å². The van der Waals surface area contributed by atoms with Crippen LogP contribution in [0.4, 0.5) is 0 Å². The van der Waals surface area contributed by atoms with Crippen molar-refractivity contribution in [2.75, 3.05) is 26.2 Å². The Morgan fingerprint density at radius 2 is 1.90 bits per heavy atom. The smallest absolute Gasteiger partial charge is 0.263 e. The van der Waals surface area contributed by atoms with Gasteiger partial charge in [-0.05, 0) is 29.4 Å². The molecule has 2 aromatic rings. The highest BCUT2D eigenvalue weighted by Crippen LogP contribution is 2.31. The van der Waals surface area contributed by atoms with E-state index in [4.69, 9.17) is 0 Å². The maximum absolute atomic E-state index is 12.6. The highest BCUT2D eigenvalue weighted by molar-refractivity contribution is 7.20. The molecule has 106 valence electrons. The molecule has 0 aliphatic carbocycles. The zero-order valence-electron chi connectivity index (χ0n) is 11.0. The SMILES string of the molecule is Cl.O=C(c1cc2ccccc2s1)N1C[C@H]2CNC[C@H]2C1. The van der Waals surface area contributed by atoms with Crippen molar-refractivity contribution in [3.63, 3.8) is 0 Å². The van der Waals surface area contributed by atoms with Gasteiger partial charge in [-0.2, -0.15) is 0 Å². The molecule has 0 saturated carbocycles. The highest BCUT2D eigenvalue weighted by atomic mass is 35.5. The van der Waals surface area contributed by atoms with Gasteiger partial charge in [-0.1, -0.05) is 18.2 Å². The molecule has 0 bridgehead atoms. The average Bonchev–Trinajstić information content (AvgIpc) is 3.10. The number of likely N-dealkylation sites (tertiary alicyclic amines) is 1. The summed E-state index contributed by atoms with van der Waals surface area (Å²) in [7, 11) is 0. The number of carbonyl (C=O) groups excluding carboxylic acids is 1. The Kier molecular flexibility index (Phi) is 3.71. The summed E-state index contributed by atoms with van der Waals surface area (Å²) < 4.78 is 1.20. The van der Waals surface area contributed by atoms with Crippen LogP contribution in [-0.4, -0.2) is 37.0 Å². The maximum atomic E-state index is 12.6. The Hall–Kier alpha value is -1.10. The summed E-state index contributed by atoms with van der Waals surface area (Å²) in [6.07, 6.45) is 0. The van der Waals surface area contributed by atoms with Crippen molar-refractivity contribution in [1.29, 1.82) is 0 Å². The molecule has 2 atom stereocenters. The zero-order valence-corrected chi connectivity index (χ0v) is 12.7. The fourth-order valence-electron chi connectivity index (χ4n) is 3.26. The number of hydrogen-bond donors (Lipinski definition) is 1. The van der Waals surface area contributed by atoms with Gasteiger partial charge in [0.05, 0.1) is 4.88 Å². The summed E-state index contributed by atoms with van der Waals surface area (Å²) in [5, 5.41) is 4.59. The van der Waals surface area contributed by atoms with E-state index in [1.165, 1.54) is 10.1 Å². The number of amides is 1. The van der Waals surface area contributed by atoms with Crippen LogP contribution in [0, 0.1) is 11.8 Å². The van der Waals surface area contributed by atoms with Gasteiger partial charge >= 0.3 is 0 Å². The highest BCUT2D eigenvalue weighted by Gasteiger charge is 2.38. The fourth-order valence-corrected chi connectivity index (χ4v) is 4.29. The second-order valence-corrected chi connectivity index (χ2v) is 6.62. The number of thiophene rings is 1. The van der Waals surface area contributed by atoms with E-state index >= 15 is 0 Å². The Morgan fingerprint density at radius 3 is 2.60 bits per heavy atom. The van der Waals surface area contributed by atoms with E-state index < -0.39 is 0 Å². The van der Waals surface area contributed by atoms with Crippen LogP contribution < -0.4 is 5.32 Å². The third kappa shape index (κ3) is 2.22. The molecule has 1 amide bonds. The molecule has 2 aliphatic heterocycles. The Labute approximate surface area is 128 Å². The quantitative estimate of drug-likeness (QED) is 0.878. The minimum Gasteiger partial charge on any atom is -0.337 e. The summed E-state index contributed by atoms with van der Waals surface area (Å²) in [6.45, 7) is 3.98. The molecule has 5 heteroatoms. The largest absolute Gasteiger partial charge is 0.337 e. The minimum atomic E-state index is 0. The van der Waals surface area contributed by atoms with Gasteiger partial charge in [0.25, 0.3) is 5.91 Å². The van der Waals surface area contributed by atoms with Crippen molar-refractivity contribution in [3.8, 4) is 0 Å². The van der Waals surface area contributed by atoms with Crippen LogP contribution in [-0.2, 0) is 0 Å². The number of rotatable bonds is 1. The molecule has 0 radical (unpaired) electrons. The van der Waals surface area contributed by atoms with Crippen LogP contribution in [0.15, 0.2) is 30.3 Å². The Balaban J connectivity index is 0.00000121. The van der Waals surface area contributed by atoms with Crippen molar-refractivity contribution in [1.82, 2.24) is 10.2 Å². The number of carbonyl (C=O) groups is 1. The van der Waals surface area contributed by atoms with Crippen LogP contribution in [0.5, 0.6) is 0 Å². The van der Waals surface area contributed by atoms with E-state index in [2.05, 4.69) is 17.4 Å². The van der Waals surface area contributed by atoms with E-state index in [1.54, 1.807) is 11.3 Å². The first-order chi connectivity index (χ1) is 9.31. The summed E-state index contributed by atoms with van der Waals surface area (Å²) in [5.74, 6) is 1.55. The lowest BCUT2D eigenvalue weighted by atomic mass is 10.0. The number of fused-ring (bicyclic) bond motifs is 2. The standard InChI is InChI=1S/C15H16N2OS.ClH/c18-15(17-8-11-6-16-7-12(11)9-17)14-5-10-3-1-2-4-13(10)19-14;/h1-5,11-12,16H,6-9H2;1H/t11-,12+;. The summed E-state index contributed by atoms with van der Waals surface area (Å²) in [4.78, 5) is 15.5. The number of hydrogen-bond acceptors (Lipinski definition) is 3. The van der Waals surface area contributed by atoms with Crippen LogP contribution in [0.2, 0.25) is 0 Å². The van der Waals surface area contributed by atoms with Crippen LogP contribution in [0.3, 0.4) is 0 Å². The van der Waals surface area contributed by atoms with Gasteiger partial charge in [-0.25, -0.2) is 0 Å². The second kappa shape index (κ2) is 5.35. The molecule has 3 heterocycles. The van der Waals surface area contributed by atoms with Crippen LogP contribution in [0.1, 0.15) is 9.67 Å². The molecular weight excluding hydrogens is 292 g/mol. The summed E-state index contributed by atoms with van der Waals surface area (Å²) >= 11 is 1.61. The van der Waals surface area contributed by atoms with Gasteiger partial charge in [-0.15, -0.1) is 23.7 Å². The van der Waals surface area contributed by atoms with E-state index in [1.807, 2.05) is 23.1 Å². The lowest BCUT2D eigenvalue weighted by Gasteiger charge is -2.16. The molecule has 3 nitrogen and oxygen atoms in total. The molecule has 2 fully saturated rings. The van der Waals surface area contributed by atoms with Crippen LogP contribution >= 0.6 is 23.7 Å². The predicted molar refractivity (Wildman–Crippen MR) is 84.8 cm³/mol. The van der Waals surface area contributed by atoms with Gasteiger partial charge in [0.1, 0.15) is 0 Å². The van der Waals surface area contributed by atoms with Gasteiger partial charge in [0.2, 0.25) is 0 Å². The van der Waals surface area contributed by atoms with E-state index in [0.29, 0.717) is 11.8 Å². The lowest BCUT2D eigenvalue weighted by Crippen LogP contribution is -2.31. The fraction of sp³-hybridized carbons (Fsp3) is 0.400. The Bertz CT molecular complexity index is 597. The van der Waals surface area contributed by atoms with E-state index in [-0.39, 0.29) is 18.3 Å². The third-order valence-corrected chi connectivity index (χ3v) is 5.42. The first kappa shape index (κ1) is 13.9. The lowest BCUT2D eigenvalue weighted by molar-refractivity contribution is 0.0786. The van der Waals surface area contributed by atoms with Crippen LogP contribution in [0.25, 0.3) is 10.1 Å². The molecule has 2 saturated heterocycles. The Morgan fingerprint density at radius 1 is 1.20 bits per heavy atom. The summed E-state index contributed by atoms with van der Waals surface area (Å²) in [6, 6.07) is 10.2. The first-order valence-corrected chi connectivity index (χ1v) is 7.61.